The molecule has 1 aromatic carbocycles. The van der Waals surface area contributed by atoms with Crippen molar-refractivity contribution in [2.75, 3.05) is 5.73 Å². The monoisotopic (exact) mass is 253 g/mol. The van der Waals surface area contributed by atoms with Crippen LogP contribution >= 0.6 is 11.6 Å². The Morgan fingerprint density at radius 3 is 2.71 bits per heavy atom. The maximum absolute atomic E-state index is 13.3. The SMILES string of the molecule is CCn1ncc(-c2cc(F)cc(Cl)c2N)c1C. The summed E-state index contributed by atoms with van der Waals surface area (Å²) < 4.78 is 15.2. The maximum Gasteiger partial charge on any atom is 0.125 e. The van der Waals surface area contributed by atoms with Crippen LogP contribution < -0.4 is 5.73 Å². The Morgan fingerprint density at radius 2 is 2.12 bits per heavy atom. The van der Waals surface area contributed by atoms with Crippen molar-refractivity contribution >= 4 is 17.3 Å². The van der Waals surface area contributed by atoms with Gasteiger partial charge in [-0.25, -0.2) is 4.39 Å². The second kappa shape index (κ2) is 4.37. The van der Waals surface area contributed by atoms with Crippen molar-refractivity contribution in [2.45, 2.75) is 20.4 Å². The summed E-state index contributed by atoms with van der Waals surface area (Å²) in [7, 11) is 0. The molecule has 2 aromatic rings. The molecule has 2 rings (SSSR count). The lowest BCUT2D eigenvalue weighted by atomic mass is 10.0. The van der Waals surface area contributed by atoms with Gasteiger partial charge in [-0.2, -0.15) is 5.10 Å². The van der Waals surface area contributed by atoms with Crippen LogP contribution in [0.2, 0.25) is 5.02 Å². The summed E-state index contributed by atoms with van der Waals surface area (Å²) in [5, 5.41) is 4.43. The van der Waals surface area contributed by atoms with Gasteiger partial charge in [-0.3, -0.25) is 4.68 Å². The summed E-state index contributed by atoms with van der Waals surface area (Å²) in [5.74, 6) is -0.400. The Hall–Kier alpha value is -1.55. The molecule has 0 bridgehead atoms. The third-order valence-corrected chi connectivity index (χ3v) is 3.10. The fourth-order valence-electron chi connectivity index (χ4n) is 1.84. The standard InChI is InChI=1S/C12H13ClFN3/c1-3-17-7(2)10(6-16-17)9-4-8(14)5-11(13)12(9)15/h4-6H,3,15H2,1-2H3. The van der Waals surface area contributed by atoms with Gasteiger partial charge in [-0.1, -0.05) is 11.6 Å². The molecule has 0 unspecified atom stereocenters. The van der Waals surface area contributed by atoms with E-state index in [2.05, 4.69) is 5.10 Å². The number of aromatic nitrogens is 2. The van der Waals surface area contributed by atoms with Crippen molar-refractivity contribution in [3.8, 4) is 11.1 Å². The number of hydrogen-bond acceptors (Lipinski definition) is 2. The van der Waals surface area contributed by atoms with Gasteiger partial charge >= 0.3 is 0 Å². The molecular formula is C12H13ClFN3. The van der Waals surface area contributed by atoms with E-state index in [9.17, 15) is 4.39 Å². The molecule has 0 aliphatic carbocycles. The number of rotatable bonds is 2. The first-order valence-electron chi connectivity index (χ1n) is 5.32. The Morgan fingerprint density at radius 1 is 1.41 bits per heavy atom. The van der Waals surface area contributed by atoms with E-state index in [1.54, 1.807) is 6.20 Å². The first-order chi connectivity index (χ1) is 8.04. The summed E-state index contributed by atoms with van der Waals surface area (Å²) in [6, 6.07) is 2.59. The molecule has 90 valence electrons. The summed E-state index contributed by atoms with van der Waals surface area (Å²) in [4.78, 5) is 0. The highest BCUT2D eigenvalue weighted by Gasteiger charge is 2.13. The number of hydrogen-bond donors (Lipinski definition) is 1. The molecular weight excluding hydrogens is 241 g/mol. The van der Waals surface area contributed by atoms with E-state index < -0.39 is 5.82 Å². The van der Waals surface area contributed by atoms with Gasteiger partial charge in [-0.15, -0.1) is 0 Å². The average molecular weight is 254 g/mol. The molecule has 0 aliphatic rings. The van der Waals surface area contributed by atoms with Crippen LogP contribution in [-0.2, 0) is 6.54 Å². The van der Waals surface area contributed by atoms with Crippen LogP contribution in [0.15, 0.2) is 18.3 Å². The Kier molecular flexibility index (Phi) is 3.07. The number of benzene rings is 1. The zero-order valence-corrected chi connectivity index (χ0v) is 10.4. The second-order valence-electron chi connectivity index (χ2n) is 3.81. The number of anilines is 1. The molecule has 5 heteroatoms. The molecule has 2 N–H and O–H groups in total. The van der Waals surface area contributed by atoms with E-state index in [1.165, 1.54) is 12.1 Å². The van der Waals surface area contributed by atoms with Crippen LogP contribution in [-0.4, -0.2) is 9.78 Å². The van der Waals surface area contributed by atoms with E-state index in [1.807, 2.05) is 18.5 Å². The van der Waals surface area contributed by atoms with E-state index in [0.717, 1.165) is 17.8 Å². The lowest BCUT2D eigenvalue weighted by Crippen LogP contribution is -1.99. The minimum atomic E-state index is -0.400. The Labute approximate surface area is 104 Å². The molecule has 1 heterocycles. The molecule has 0 spiro atoms. The quantitative estimate of drug-likeness (QED) is 0.835. The number of halogens is 2. The summed E-state index contributed by atoms with van der Waals surface area (Å²) in [6.45, 7) is 4.67. The normalized spacial score (nSPS) is 10.8. The molecule has 0 saturated carbocycles. The summed E-state index contributed by atoms with van der Waals surface area (Å²) in [5.41, 5.74) is 8.59. The lowest BCUT2D eigenvalue weighted by Gasteiger charge is -2.08. The van der Waals surface area contributed by atoms with Gasteiger partial charge in [0.15, 0.2) is 0 Å². The first-order valence-corrected chi connectivity index (χ1v) is 5.69. The highest BCUT2D eigenvalue weighted by Crippen LogP contribution is 2.34. The number of nitrogen functional groups attached to an aromatic ring is 1. The maximum atomic E-state index is 13.3. The summed E-state index contributed by atoms with van der Waals surface area (Å²) >= 11 is 5.87. The molecule has 0 amide bonds. The third-order valence-electron chi connectivity index (χ3n) is 2.79. The van der Waals surface area contributed by atoms with Crippen molar-refractivity contribution in [2.24, 2.45) is 0 Å². The van der Waals surface area contributed by atoms with Crippen molar-refractivity contribution in [1.29, 1.82) is 0 Å². The fourth-order valence-corrected chi connectivity index (χ4v) is 2.04. The van der Waals surface area contributed by atoms with Crippen LogP contribution in [0.1, 0.15) is 12.6 Å². The highest BCUT2D eigenvalue weighted by molar-refractivity contribution is 6.33. The van der Waals surface area contributed by atoms with Crippen molar-refractivity contribution in [3.63, 3.8) is 0 Å². The van der Waals surface area contributed by atoms with E-state index in [4.69, 9.17) is 17.3 Å². The van der Waals surface area contributed by atoms with Gasteiger partial charge in [-0.05, 0) is 26.0 Å². The fraction of sp³-hybridized carbons (Fsp3) is 0.250. The van der Waals surface area contributed by atoms with E-state index >= 15 is 0 Å². The Bertz CT molecular complexity index is 563. The van der Waals surface area contributed by atoms with Gasteiger partial charge in [0, 0.05) is 23.4 Å². The van der Waals surface area contributed by atoms with E-state index in [0.29, 0.717) is 11.3 Å². The highest BCUT2D eigenvalue weighted by atomic mass is 35.5. The third kappa shape index (κ3) is 2.00. The first kappa shape index (κ1) is 11.9. The van der Waals surface area contributed by atoms with Crippen LogP contribution in [0.25, 0.3) is 11.1 Å². The van der Waals surface area contributed by atoms with Crippen molar-refractivity contribution in [3.05, 3.63) is 34.9 Å². The predicted octanol–water partition coefficient (Wildman–Crippen LogP) is 3.25. The van der Waals surface area contributed by atoms with Gasteiger partial charge in [0.05, 0.1) is 16.9 Å². The zero-order chi connectivity index (χ0) is 12.6. The summed E-state index contributed by atoms with van der Waals surface area (Å²) in [6.07, 6.45) is 1.68. The van der Waals surface area contributed by atoms with Crippen molar-refractivity contribution in [1.82, 2.24) is 9.78 Å². The average Bonchev–Trinajstić information content (AvgIpc) is 2.65. The minimum absolute atomic E-state index is 0.226. The largest absolute Gasteiger partial charge is 0.397 e. The van der Waals surface area contributed by atoms with E-state index in [-0.39, 0.29) is 5.02 Å². The molecule has 17 heavy (non-hydrogen) atoms. The second-order valence-corrected chi connectivity index (χ2v) is 4.22. The number of nitrogens with zero attached hydrogens (tertiary/aromatic N) is 2. The van der Waals surface area contributed by atoms with Crippen LogP contribution in [0.5, 0.6) is 0 Å². The molecule has 0 saturated heterocycles. The molecule has 0 fully saturated rings. The lowest BCUT2D eigenvalue weighted by molar-refractivity contribution is 0.628. The topological polar surface area (TPSA) is 43.8 Å². The number of aryl methyl sites for hydroxylation is 1. The Balaban J connectivity index is 2.64. The van der Waals surface area contributed by atoms with Gasteiger partial charge in [0.25, 0.3) is 0 Å². The molecule has 0 radical (unpaired) electrons. The van der Waals surface area contributed by atoms with Crippen molar-refractivity contribution < 1.29 is 4.39 Å². The molecule has 3 nitrogen and oxygen atoms in total. The van der Waals surface area contributed by atoms with Crippen LogP contribution in [0.4, 0.5) is 10.1 Å². The predicted molar refractivity (Wildman–Crippen MR) is 67.5 cm³/mol. The molecule has 1 aromatic heterocycles. The minimum Gasteiger partial charge on any atom is -0.397 e. The van der Waals surface area contributed by atoms with Crippen LogP contribution in [0, 0.1) is 12.7 Å². The van der Waals surface area contributed by atoms with Gasteiger partial charge < -0.3 is 5.73 Å². The van der Waals surface area contributed by atoms with Crippen LogP contribution in [0.3, 0.4) is 0 Å². The number of nitrogens with two attached hydrogens (primary N) is 1. The smallest absolute Gasteiger partial charge is 0.125 e. The van der Waals surface area contributed by atoms with Gasteiger partial charge in [0.2, 0.25) is 0 Å². The zero-order valence-electron chi connectivity index (χ0n) is 9.67. The van der Waals surface area contributed by atoms with Gasteiger partial charge in [0.1, 0.15) is 5.82 Å². The molecule has 0 aliphatic heterocycles. The molecule has 0 atom stereocenters.